The molecule has 0 amide bonds. The fourth-order valence-electron chi connectivity index (χ4n) is 1.95. The van der Waals surface area contributed by atoms with Crippen molar-refractivity contribution >= 4 is 11.7 Å². The van der Waals surface area contributed by atoms with E-state index in [-0.39, 0.29) is 12.1 Å². The number of hydrogen-bond donors (Lipinski definition) is 1. The first-order valence-corrected chi connectivity index (χ1v) is 6.66. The summed E-state index contributed by atoms with van der Waals surface area (Å²) in [5.41, 5.74) is 6.68. The van der Waals surface area contributed by atoms with Crippen molar-refractivity contribution in [2.45, 2.75) is 40.2 Å². The molecule has 106 valence electrons. The van der Waals surface area contributed by atoms with Gasteiger partial charge in [-0.05, 0) is 38.3 Å². The van der Waals surface area contributed by atoms with Gasteiger partial charge < -0.3 is 15.2 Å². The third kappa shape index (κ3) is 5.20. The molecule has 0 saturated carbocycles. The SMILES string of the molecule is CCOc1cc(N)cc(C(=O)OC(C)CC(C)C)c1. The van der Waals surface area contributed by atoms with Crippen LogP contribution in [0.25, 0.3) is 0 Å². The van der Waals surface area contributed by atoms with E-state index in [4.69, 9.17) is 15.2 Å². The second-order valence-corrected chi connectivity index (χ2v) is 5.07. The normalized spacial score (nSPS) is 12.3. The lowest BCUT2D eigenvalue weighted by molar-refractivity contribution is 0.0299. The maximum Gasteiger partial charge on any atom is 0.338 e. The summed E-state index contributed by atoms with van der Waals surface area (Å²) in [5, 5.41) is 0. The molecule has 0 radical (unpaired) electrons. The largest absolute Gasteiger partial charge is 0.494 e. The summed E-state index contributed by atoms with van der Waals surface area (Å²) in [4.78, 5) is 12.0. The summed E-state index contributed by atoms with van der Waals surface area (Å²) in [6, 6.07) is 4.95. The standard InChI is InChI=1S/C15H23NO3/c1-5-18-14-8-12(7-13(16)9-14)15(17)19-11(4)6-10(2)3/h7-11H,5-6,16H2,1-4H3. The van der Waals surface area contributed by atoms with Gasteiger partial charge >= 0.3 is 5.97 Å². The molecule has 1 atom stereocenters. The Bertz CT molecular complexity index is 429. The van der Waals surface area contributed by atoms with Crippen LogP contribution in [0.1, 0.15) is 44.5 Å². The van der Waals surface area contributed by atoms with Gasteiger partial charge in [0.1, 0.15) is 5.75 Å². The molecule has 4 heteroatoms. The first-order valence-electron chi connectivity index (χ1n) is 6.66. The molecule has 1 unspecified atom stereocenters. The number of esters is 1. The Balaban J connectivity index is 2.76. The van der Waals surface area contributed by atoms with E-state index in [2.05, 4.69) is 13.8 Å². The van der Waals surface area contributed by atoms with Crippen molar-refractivity contribution in [1.82, 2.24) is 0 Å². The van der Waals surface area contributed by atoms with Crippen molar-refractivity contribution in [2.24, 2.45) is 5.92 Å². The summed E-state index contributed by atoms with van der Waals surface area (Å²) in [6.07, 6.45) is 0.733. The van der Waals surface area contributed by atoms with Crippen molar-refractivity contribution in [2.75, 3.05) is 12.3 Å². The number of carbonyl (C=O) groups excluding carboxylic acids is 1. The average Bonchev–Trinajstić information content (AvgIpc) is 2.27. The molecule has 4 nitrogen and oxygen atoms in total. The predicted octanol–water partition coefficient (Wildman–Crippen LogP) is 3.26. The zero-order valence-corrected chi connectivity index (χ0v) is 12.1. The van der Waals surface area contributed by atoms with Crippen LogP contribution < -0.4 is 10.5 Å². The Morgan fingerprint density at radius 3 is 2.53 bits per heavy atom. The van der Waals surface area contributed by atoms with Gasteiger partial charge in [0, 0.05) is 11.8 Å². The van der Waals surface area contributed by atoms with Gasteiger partial charge in [0.2, 0.25) is 0 Å². The highest BCUT2D eigenvalue weighted by molar-refractivity contribution is 5.91. The van der Waals surface area contributed by atoms with Crippen molar-refractivity contribution in [3.63, 3.8) is 0 Å². The minimum atomic E-state index is -0.360. The number of nitrogens with two attached hydrogens (primary N) is 1. The molecule has 0 saturated heterocycles. The van der Waals surface area contributed by atoms with Crippen molar-refractivity contribution in [3.8, 4) is 5.75 Å². The lowest BCUT2D eigenvalue weighted by atomic mass is 10.1. The van der Waals surface area contributed by atoms with Crippen LogP contribution in [0, 0.1) is 5.92 Å². The van der Waals surface area contributed by atoms with Crippen molar-refractivity contribution in [1.29, 1.82) is 0 Å². The monoisotopic (exact) mass is 265 g/mol. The number of carbonyl (C=O) groups is 1. The molecular weight excluding hydrogens is 242 g/mol. The summed E-state index contributed by atoms with van der Waals surface area (Å²) >= 11 is 0. The molecule has 0 fully saturated rings. The molecule has 0 bridgehead atoms. The molecule has 0 aromatic heterocycles. The van der Waals surface area contributed by atoms with Crippen LogP contribution in [0.5, 0.6) is 5.75 Å². The van der Waals surface area contributed by atoms with Crippen molar-refractivity contribution in [3.05, 3.63) is 23.8 Å². The van der Waals surface area contributed by atoms with Crippen LogP contribution in [-0.2, 0) is 4.74 Å². The van der Waals surface area contributed by atoms with Gasteiger partial charge in [-0.3, -0.25) is 0 Å². The van der Waals surface area contributed by atoms with Gasteiger partial charge in [-0.1, -0.05) is 13.8 Å². The number of anilines is 1. The molecule has 0 spiro atoms. The van der Waals surface area contributed by atoms with E-state index in [1.54, 1.807) is 18.2 Å². The lowest BCUT2D eigenvalue weighted by Gasteiger charge is -2.15. The van der Waals surface area contributed by atoms with Crippen LogP contribution in [0.15, 0.2) is 18.2 Å². The summed E-state index contributed by atoms with van der Waals surface area (Å²) in [7, 11) is 0. The number of rotatable bonds is 6. The van der Waals surface area contributed by atoms with Gasteiger partial charge in [0.15, 0.2) is 0 Å². The third-order valence-electron chi connectivity index (χ3n) is 2.59. The third-order valence-corrected chi connectivity index (χ3v) is 2.59. The molecule has 1 rings (SSSR count). The molecule has 2 N–H and O–H groups in total. The molecule has 0 aliphatic rings. The van der Waals surface area contributed by atoms with Crippen LogP contribution in [0.2, 0.25) is 0 Å². The predicted molar refractivity (Wildman–Crippen MR) is 76.4 cm³/mol. The smallest absolute Gasteiger partial charge is 0.338 e. The van der Waals surface area contributed by atoms with Gasteiger partial charge in [0.25, 0.3) is 0 Å². The summed E-state index contributed by atoms with van der Waals surface area (Å²) in [5.74, 6) is 0.718. The van der Waals surface area contributed by atoms with E-state index >= 15 is 0 Å². The highest BCUT2D eigenvalue weighted by Gasteiger charge is 2.14. The summed E-state index contributed by atoms with van der Waals surface area (Å²) in [6.45, 7) is 8.50. The number of hydrogen-bond acceptors (Lipinski definition) is 4. The molecule has 0 aliphatic heterocycles. The van der Waals surface area contributed by atoms with E-state index in [0.717, 1.165) is 6.42 Å². The topological polar surface area (TPSA) is 61.5 Å². The van der Waals surface area contributed by atoms with E-state index in [1.807, 2.05) is 13.8 Å². The average molecular weight is 265 g/mol. The Kier molecular flexibility index (Phi) is 5.67. The molecule has 0 aliphatic carbocycles. The maximum atomic E-state index is 12.0. The van der Waals surface area contributed by atoms with Crippen LogP contribution in [0.4, 0.5) is 5.69 Å². The Labute approximate surface area is 114 Å². The quantitative estimate of drug-likeness (QED) is 0.633. The van der Waals surface area contributed by atoms with Crippen LogP contribution in [-0.4, -0.2) is 18.7 Å². The number of nitrogen functional groups attached to an aromatic ring is 1. The summed E-state index contributed by atoms with van der Waals surface area (Å²) < 4.78 is 10.7. The Morgan fingerprint density at radius 2 is 1.95 bits per heavy atom. The molecule has 0 heterocycles. The second-order valence-electron chi connectivity index (χ2n) is 5.07. The van der Waals surface area contributed by atoms with E-state index in [1.165, 1.54) is 0 Å². The fourth-order valence-corrected chi connectivity index (χ4v) is 1.95. The molecular formula is C15H23NO3. The van der Waals surface area contributed by atoms with Gasteiger partial charge in [0.05, 0.1) is 18.3 Å². The second kappa shape index (κ2) is 7.02. The lowest BCUT2D eigenvalue weighted by Crippen LogP contribution is -2.17. The molecule has 19 heavy (non-hydrogen) atoms. The minimum Gasteiger partial charge on any atom is -0.494 e. The van der Waals surface area contributed by atoms with E-state index in [9.17, 15) is 4.79 Å². The van der Waals surface area contributed by atoms with Crippen LogP contribution in [0.3, 0.4) is 0 Å². The Morgan fingerprint density at radius 1 is 1.26 bits per heavy atom. The Hall–Kier alpha value is -1.71. The first kappa shape index (κ1) is 15.3. The van der Waals surface area contributed by atoms with Gasteiger partial charge in [-0.15, -0.1) is 0 Å². The zero-order valence-electron chi connectivity index (χ0n) is 12.1. The first-order chi connectivity index (χ1) is 8.92. The number of benzene rings is 1. The van der Waals surface area contributed by atoms with Crippen molar-refractivity contribution < 1.29 is 14.3 Å². The van der Waals surface area contributed by atoms with Crippen LogP contribution >= 0.6 is 0 Å². The van der Waals surface area contributed by atoms with Gasteiger partial charge in [-0.25, -0.2) is 4.79 Å². The minimum absolute atomic E-state index is 0.107. The maximum absolute atomic E-state index is 12.0. The van der Waals surface area contributed by atoms with Gasteiger partial charge in [-0.2, -0.15) is 0 Å². The van der Waals surface area contributed by atoms with E-state index < -0.39 is 0 Å². The zero-order chi connectivity index (χ0) is 14.4. The highest BCUT2D eigenvalue weighted by Crippen LogP contribution is 2.20. The highest BCUT2D eigenvalue weighted by atomic mass is 16.5. The number of ether oxygens (including phenoxy) is 2. The molecule has 1 aromatic rings. The fraction of sp³-hybridized carbons (Fsp3) is 0.533. The molecule has 1 aromatic carbocycles. The van der Waals surface area contributed by atoms with E-state index in [0.29, 0.717) is 29.5 Å².